The number of aliphatic hydroxyl groups is 1. The topological polar surface area (TPSA) is 20.2 Å². The molecule has 1 aromatic carbocycles. The molecule has 0 fully saturated rings. The van der Waals surface area contributed by atoms with E-state index in [4.69, 9.17) is 0 Å². The zero-order chi connectivity index (χ0) is 13.1. The molecular weight excluding hydrogens is 376 g/mol. The van der Waals surface area contributed by atoms with E-state index in [-0.39, 0.29) is 0 Å². The van der Waals surface area contributed by atoms with E-state index in [0.717, 1.165) is 20.9 Å². The van der Waals surface area contributed by atoms with Gasteiger partial charge in [-0.3, -0.25) is 0 Å². The third-order valence-electron chi connectivity index (χ3n) is 2.73. The highest BCUT2D eigenvalue weighted by Gasteiger charge is 2.11. The number of thiophene rings is 1. The minimum Gasteiger partial charge on any atom is -0.388 e. The van der Waals surface area contributed by atoms with Crippen LogP contribution in [0.15, 0.2) is 39.3 Å². The van der Waals surface area contributed by atoms with Crippen LogP contribution in [0.2, 0.25) is 0 Å². The quantitative estimate of drug-likeness (QED) is 0.769. The zero-order valence-electron chi connectivity index (χ0n) is 9.99. The molecule has 0 spiro atoms. The molecule has 0 amide bonds. The number of aryl methyl sites for hydroxylation is 1. The summed E-state index contributed by atoms with van der Waals surface area (Å²) >= 11 is 8.67. The first kappa shape index (κ1) is 14.3. The van der Waals surface area contributed by atoms with E-state index in [1.54, 1.807) is 11.3 Å². The van der Waals surface area contributed by atoms with Crippen LogP contribution in [-0.2, 0) is 12.8 Å². The first-order valence-corrected chi connectivity index (χ1v) is 8.20. The Kier molecular flexibility index (Phi) is 5.01. The summed E-state index contributed by atoms with van der Waals surface area (Å²) in [4.78, 5) is 2.60. The molecule has 1 unspecified atom stereocenters. The highest BCUT2D eigenvalue weighted by atomic mass is 79.9. The second kappa shape index (κ2) is 6.33. The summed E-state index contributed by atoms with van der Waals surface area (Å²) in [5, 5.41) is 10.3. The molecule has 18 heavy (non-hydrogen) atoms. The van der Waals surface area contributed by atoms with E-state index in [2.05, 4.69) is 50.9 Å². The normalized spacial score (nSPS) is 12.7. The van der Waals surface area contributed by atoms with Crippen molar-refractivity contribution in [2.45, 2.75) is 25.9 Å². The van der Waals surface area contributed by atoms with Gasteiger partial charge in [0.05, 0.1) is 6.10 Å². The molecule has 0 aliphatic rings. The van der Waals surface area contributed by atoms with Gasteiger partial charge in [0, 0.05) is 25.1 Å². The second-order valence-electron chi connectivity index (χ2n) is 4.14. The summed E-state index contributed by atoms with van der Waals surface area (Å²) in [5.74, 6) is 0. The largest absolute Gasteiger partial charge is 0.388 e. The molecule has 0 saturated heterocycles. The SMILES string of the molecule is CCc1ccc(CC(O)c2cc(Br)cc(Br)c2)s1. The van der Waals surface area contributed by atoms with Crippen LogP contribution in [0.25, 0.3) is 0 Å². The van der Waals surface area contributed by atoms with Gasteiger partial charge in [-0.05, 0) is 42.3 Å². The smallest absolute Gasteiger partial charge is 0.0839 e. The van der Waals surface area contributed by atoms with Gasteiger partial charge in [-0.15, -0.1) is 11.3 Å². The van der Waals surface area contributed by atoms with Crippen LogP contribution in [0.5, 0.6) is 0 Å². The molecule has 4 heteroatoms. The second-order valence-corrected chi connectivity index (χ2v) is 7.23. The molecule has 0 saturated carbocycles. The maximum Gasteiger partial charge on any atom is 0.0839 e. The highest BCUT2D eigenvalue weighted by molar-refractivity contribution is 9.11. The number of benzene rings is 1. The summed E-state index contributed by atoms with van der Waals surface area (Å²) in [6.07, 6.45) is 1.28. The van der Waals surface area contributed by atoms with Gasteiger partial charge >= 0.3 is 0 Å². The van der Waals surface area contributed by atoms with Crippen molar-refractivity contribution in [2.75, 3.05) is 0 Å². The van der Waals surface area contributed by atoms with Crippen LogP contribution in [0.1, 0.15) is 28.3 Å². The molecule has 2 aromatic rings. The molecule has 0 aliphatic carbocycles. The van der Waals surface area contributed by atoms with Crippen molar-refractivity contribution < 1.29 is 5.11 Å². The minimum absolute atomic E-state index is 0.456. The van der Waals surface area contributed by atoms with Crippen LogP contribution in [-0.4, -0.2) is 5.11 Å². The fourth-order valence-electron chi connectivity index (χ4n) is 1.80. The predicted molar refractivity (Wildman–Crippen MR) is 84.2 cm³/mol. The van der Waals surface area contributed by atoms with Gasteiger partial charge in [0.15, 0.2) is 0 Å². The molecule has 1 heterocycles. The molecule has 1 aromatic heterocycles. The summed E-state index contributed by atoms with van der Waals surface area (Å²) in [6.45, 7) is 2.15. The fraction of sp³-hybridized carbons (Fsp3) is 0.286. The average Bonchev–Trinajstić information content (AvgIpc) is 2.75. The van der Waals surface area contributed by atoms with Crippen LogP contribution in [0.4, 0.5) is 0 Å². The van der Waals surface area contributed by atoms with E-state index >= 15 is 0 Å². The van der Waals surface area contributed by atoms with Gasteiger partial charge in [0.2, 0.25) is 0 Å². The van der Waals surface area contributed by atoms with E-state index in [9.17, 15) is 5.11 Å². The van der Waals surface area contributed by atoms with Crippen molar-refractivity contribution in [1.29, 1.82) is 0 Å². The van der Waals surface area contributed by atoms with Crippen molar-refractivity contribution in [3.8, 4) is 0 Å². The van der Waals surface area contributed by atoms with Gasteiger partial charge in [-0.1, -0.05) is 38.8 Å². The Morgan fingerprint density at radius 1 is 1.11 bits per heavy atom. The molecule has 0 radical (unpaired) electrons. The Bertz CT molecular complexity index is 516. The maximum absolute atomic E-state index is 10.3. The lowest BCUT2D eigenvalue weighted by Crippen LogP contribution is -2.00. The van der Waals surface area contributed by atoms with Crippen LogP contribution in [0.3, 0.4) is 0 Å². The van der Waals surface area contributed by atoms with E-state index < -0.39 is 6.10 Å². The molecule has 1 nitrogen and oxygen atoms in total. The first-order chi connectivity index (χ1) is 8.58. The lowest BCUT2D eigenvalue weighted by molar-refractivity contribution is 0.179. The van der Waals surface area contributed by atoms with Crippen LogP contribution >= 0.6 is 43.2 Å². The van der Waals surface area contributed by atoms with Crippen molar-refractivity contribution >= 4 is 43.2 Å². The van der Waals surface area contributed by atoms with Crippen molar-refractivity contribution in [2.24, 2.45) is 0 Å². The van der Waals surface area contributed by atoms with E-state index in [1.165, 1.54) is 9.75 Å². The Hall–Kier alpha value is -0.160. The number of hydrogen-bond acceptors (Lipinski definition) is 2. The number of halogens is 2. The summed E-state index contributed by atoms with van der Waals surface area (Å²) < 4.78 is 1.96. The van der Waals surface area contributed by atoms with Crippen molar-refractivity contribution in [3.63, 3.8) is 0 Å². The Morgan fingerprint density at radius 2 is 1.72 bits per heavy atom. The Balaban J connectivity index is 2.13. The number of hydrogen-bond donors (Lipinski definition) is 1. The Labute approximate surface area is 128 Å². The van der Waals surface area contributed by atoms with Crippen molar-refractivity contribution in [1.82, 2.24) is 0 Å². The maximum atomic E-state index is 10.3. The molecule has 1 atom stereocenters. The van der Waals surface area contributed by atoms with Gasteiger partial charge in [-0.25, -0.2) is 0 Å². The van der Waals surface area contributed by atoms with Crippen LogP contribution < -0.4 is 0 Å². The number of rotatable bonds is 4. The average molecular weight is 390 g/mol. The molecule has 0 aliphatic heterocycles. The minimum atomic E-state index is -0.456. The van der Waals surface area contributed by atoms with E-state index in [1.807, 2.05) is 18.2 Å². The monoisotopic (exact) mass is 388 g/mol. The number of aliphatic hydroxyl groups excluding tert-OH is 1. The highest BCUT2D eigenvalue weighted by Crippen LogP contribution is 2.28. The van der Waals surface area contributed by atoms with Crippen LogP contribution in [0, 0.1) is 0 Å². The Morgan fingerprint density at radius 3 is 2.28 bits per heavy atom. The van der Waals surface area contributed by atoms with Gasteiger partial charge in [-0.2, -0.15) is 0 Å². The summed E-state index contributed by atoms with van der Waals surface area (Å²) in [6, 6.07) is 10.1. The standard InChI is InChI=1S/C14H14Br2OS/c1-2-12-3-4-13(18-12)8-14(17)9-5-10(15)7-11(16)6-9/h3-7,14,17H,2,8H2,1H3. The zero-order valence-corrected chi connectivity index (χ0v) is 14.0. The van der Waals surface area contributed by atoms with Crippen molar-refractivity contribution in [3.05, 3.63) is 54.6 Å². The van der Waals surface area contributed by atoms with E-state index in [0.29, 0.717) is 6.42 Å². The molecule has 2 rings (SSSR count). The van der Waals surface area contributed by atoms with Gasteiger partial charge in [0.1, 0.15) is 0 Å². The summed E-state index contributed by atoms with van der Waals surface area (Å²) in [7, 11) is 0. The summed E-state index contributed by atoms with van der Waals surface area (Å²) in [5.41, 5.74) is 0.933. The van der Waals surface area contributed by atoms with Gasteiger partial charge < -0.3 is 5.11 Å². The molecule has 96 valence electrons. The van der Waals surface area contributed by atoms with Gasteiger partial charge in [0.25, 0.3) is 0 Å². The molecule has 1 N–H and O–H groups in total. The first-order valence-electron chi connectivity index (χ1n) is 5.80. The lowest BCUT2D eigenvalue weighted by atomic mass is 10.1. The molecular formula is C14H14Br2OS. The fourth-order valence-corrected chi connectivity index (χ4v) is 4.12. The third-order valence-corrected chi connectivity index (χ3v) is 4.90. The molecule has 0 bridgehead atoms. The predicted octanol–water partition coefficient (Wildman–Crippen LogP) is 5.11. The third kappa shape index (κ3) is 3.67. The lowest BCUT2D eigenvalue weighted by Gasteiger charge is -2.11.